The van der Waals surface area contributed by atoms with Gasteiger partial charge in [-0.05, 0) is 37.5 Å². The van der Waals surface area contributed by atoms with Crippen molar-refractivity contribution >= 4 is 0 Å². The number of hydrogen-bond donors (Lipinski definition) is 1. The lowest BCUT2D eigenvalue weighted by Gasteiger charge is -2.51. The van der Waals surface area contributed by atoms with Gasteiger partial charge >= 0.3 is 0 Å². The van der Waals surface area contributed by atoms with E-state index in [1.807, 2.05) is 0 Å². The van der Waals surface area contributed by atoms with Crippen molar-refractivity contribution in [2.24, 2.45) is 11.3 Å². The van der Waals surface area contributed by atoms with Crippen LogP contribution in [0.1, 0.15) is 66.7 Å². The molecule has 0 amide bonds. The van der Waals surface area contributed by atoms with Gasteiger partial charge < -0.3 is 5.32 Å². The highest BCUT2D eigenvalue weighted by Crippen LogP contribution is 2.33. The molecule has 0 spiro atoms. The molecular weight excluding hydrogens is 232 g/mol. The van der Waals surface area contributed by atoms with Gasteiger partial charge in [0.15, 0.2) is 0 Å². The van der Waals surface area contributed by atoms with Gasteiger partial charge in [-0.3, -0.25) is 4.90 Å². The Morgan fingerprint density at radius 2 is 1.84 bits per heavy atom. The van der Waals surface area contributed by atoms with Gasteiger partial charge in [0.1, 0.15) is 0 Å². The molecule has 2 nitrogen and oxygen atoms in total. The van der Waals surface area contributed by atoms with Crippen LogP contribution >= 0.6 is 0 Å². The van der Waals surface area contributed by atoms with E-state index in [2.05, 4.69) is 44.8 Å². The zero-order valence-electron chi connectivity index (χ0n) is 13.8. The Balaban J connectivity index is 2.04. The molecule has 1 N–H and O–H groups in total. The van der Waals surface area contributed by atoms with Crippen molar-refractivity contribution in [3.05, 3.63) is 0 Å². The first-order chi connectivity index (χ1) is 8.85. The maximum Gasteiger partial charge on any atom is 0.0304 e. The topological polar surface area (TPSA) is 15.3 Å². The van der Waals surface area contributed by atoms with Crippen LogP contribution in [-0.4, -0.2) is 36.1 Å². The molecule has 112 valence electrons. The molecule has 2 heteroatoms. The number of nitrogens with one attached hydrogen (secondary N) is 1. The fourth-order valence-corrected chi connectivity index (χ4v) is 3.69. The van der Waals surface area contributed by atoms with E-state index >= 15 is 0 Å². The first kappa shape index (κ1) is 15.3. The van der Waals surface area contributed by atoms with Gasteiger partial charge in [-0.25, -0.2) is 0 Å². The predicted molar refractivity (Wildman–Crippen MR) is 83.5 cm³/mol. The Labute approximate surface area is 120 Å². The third-order valence-electron chi connectivity index (χ3n) is 5.66. The first-order valence-corrected chi connectivity index (χ1v) is 8.33. The van der Waals surface area contributed by atoms with E-state index in [-0.39, 0.29) is 0 Å². The number of hydrogen-bond acceptors (Lipinski definition) is 2. The monoisotopic (exact) mass is 266 g/mol. The summed E-state index contributed by atoms with van der Waals surface area (Å²) in [7, 11) is 0. The van der Waals surface area contributed by atoms with Crippen LogP contribution in [0.25, 0.3) is 0 Å². The van der Waals surface area contributed by atoms with Crippen LogP contribution in [-0.2, 0) is 0 Å². The highest BCUT2D eigenvalue weighted by Gasteiger charge is 2.40. The molecular formula is C17H34N2. The quantitative estimate of drug-likeness (QED) is 0.838. The Morgan fingerprint density at radius 3 is 2.37 bits per heavy atom. The maximum absolute atomic E-state index is 3.81. The molecule has 1 aliphatic heterocycles. The molecule has 0 aromatic heterocycles. The second-order valence-electron chi connectivity index (χ2n) is 8.21. The van der Waals surface area contributed by atoms with Crippen molar-refractivity contribution in [1.82, 2.24) is 10.2 Å². The van der Waals surface area contributed by atoms with E-state index in [4.69, 9.17) is 0 Å². The van der Waals surface area contributed by atoms with Crippen molar-refractivity contribution in [2.75, 3.05) is 19.6 Å². The highest BCUT2D eigenvalue weighted by molar-refractivity contribution is 4.99. The zero-order valence-corrected chi connectivity index (χ0v) is 13.8. The Bertz CT molecular complexity index is 288. The third-order valence-corrected chi connectivity index (χ3v) is 5.66. The summed E-state index contributed by atoms with van der Waals surface area (Å²) in [5.41, 5.74) is 0.730. The summed E-state index contributed by atoms with van der Waals surface area (Å²) in [6.07, 6.45) is 7.10. The van der Waals surface area contributed by atoms with Crippen molar-refractivity contribution in [3.63, 3.8) is 0 Å². The molecule has 2 atom stereocenters. The lowest BCUT2D eigenvalue weighted by atomic mass is 9.81. The minimum Gasteiger partial charge on any atom is -0.310 e. The number of nitrogens with zero attached hydrogens (tertiary/aromatic N) is 1. The van der Waals surface area contributed by atoms with Gasteiger partial charge in [0.25, 0.3) is 0 Å². The van der Waals surface area contributed by atoms with Crippen molar-refractivity contribution in [2.45, 2.75) is 78.3 Å². The van der Waals surface area contributed by atoms with Crippen LogP contribution in [0.3, 0.4) is 0 Å². The Morgan fingerprint density at radius 1 is 1.21 bits per heavy atom. The summed E-state index contributed by atoms with van der Waals surface area (Å²) in [5.74, 6) is 0.963. The van der Waals surface area contributed by atoms with Gasteiger partial charge in [0, 0.05) is 31.2 Å². The Kier molecular flexibility index (Phi) is 4.62. The van der Waals surface area contributed by atoms with Gasteiger partial charge in [-0.2, -0.15) is 0 Å². The predicted octanol–water partition coefficient (Wildman–Crippen LogP) is 3.67. The molecule has 1 heterocycles. The average Bonchev–Trinajstić information content (AvgIpc) is 2.83. The summed E-state index contributed by atoms with van der Waals surface area (Å²) in [5, 5.41) is 3.81. The van der Waals surface area contributed by atoms with E-state index in [9.17, 15) is 0 Å². The molecule has 2 unspecified atom stereocenters. The molecule has 1 aliphatic carbocycles. The average molecular weight is 266 g/mol. The molecule has 2 rings (SSSR count). The third kappa shape index (κ3) is 3.52. The highest BCUT2D eigenvalue weighted by atomic mass is 15.3. The second kappa shape index (κ2) is 5.73. The zero-order chi connectivity index (χ0) is 14.1. The summed E-state index contributed by atoms with van der Waals surface area (Å²) in [4.78, 5) is 2.81. The fraction of sp³-hybridized carbons (Fsp3) is 1.00. The number of rotatable bonds is 3. The SMILES string of the molecule is CCC1(C)CNC(C(C)(C)C)CN1CC1CCCC1. The standard InChI is InChI=1S/C17H34N2/c1-6-17(5)13-18-15(16(2,3)4)12-19(17)11-14-9-7-8-10-14/h14-15,18H,6-13H2,1-5H3. The lowest BCUT2D eigenvalue weighted by Crippen LogP contribution is -2.66. The van der Waals surface area contributed by atoms with Crippen LogP contribution in [0.5, 0.6) is 0 Å². The van der Waals surface area contributed by atoms with Gasteiger partial charge in [0.05, 0.1) is 0 Å². The molecule has 2 aliphatic rings. The summed E-state index contributed by atoms with van der Waals surface area (Å²) in [6.45, 7) is 15.6. The van der Waals surface area contributed by atoms with Crippen LogP contribution in [0, 0.1) is 11.3 Å². The van der Waals surface area contributed by atoms with E-state index in [0.717, 1.165) is 12.5 Å². The van der Waals surface area contributed by atoms with Gasteiger partial charge in [-0.1, -0.05) is 40.5 Å². The van der Waals surface area contributed by atoms with Crippen molar-refractivity contribution in [3.8, 4) is 0 Å². The molecule has 0 bridgehead atoms. The van der Waals surface area contributed by atoms with E-state index in [0.29, 0.717) is 17.0 Å². The van der Waals surface area contributed by atoms with E-state index in [1.165, 1.54) is 45.2 Å². The first-order valence-electron chi connectivity index (χ1n) is 8.33. The van der Waals surface area contributed by atoms with Gasteiger partial charge in [0.2, 0.25) is 0 Å². The number of piperazine rings is 1. The van der Waals surface area contributed by atoms with E-state index in [1.54, 1.807) is 0 Å². The minimum absolute atomic E-state index is 0.364. The van der Waals surface area contributed by atoms with Crippen LogP contribution in [0.2, 0.25) is 0 Å². The largest absolute Gasteiger partial charge is 0.310 e. The van der Waals surface area contributed by atoms with Crippen molar-refractivity contribution < 1.29 is 0 Å². The normalized spacial score (nSPS) is 34.9. The maximum atomic E-state index is 3.81. The Hall–Kier alpha value is -0.0800. The smallest absolute Gasteiger partial charge is 0.0304 e. The van der Waals surface area contributed by atoms with E-state index < -0.39 is 0 Å². The molecule has 1 saturated heterocycles. The molecule has 1 saturated carbocycles. The summed E-state index contributed by atoms with van der Waals surface area (Å²) < 4.78 is 0. The van der Waals surface area contributed by atoms with Crippen LogP contribution in [0.15, 0.2) is 0 Å². The van der Waals surface area contributed by atoms with Crippen LogP contribution < -0.4 is 5.32 Å². The summed E-state index contributed by atoms with van der Waals surface area (Å²) in [6, 6.07) is 0.633. The molecule has 2 fully saturated rings. The molecule has 0 radical (unpaired) electrons. The van der Waals surface area contributed by atoms with Gasteiger partial charge in [-0.15, -0.1) is 0 Å². The van der Waals surface area contributed by atoms with Crippen LogP contribution in [0.4, 0.5) is 0 Å². The molecule has 19 heavy (non-hydrogen) atoms. The fourth-order valence-electron chi connectivity index (χ4n) is 3.69. The minimum atomic E-state index is 0.364. The lowest BCUT2D eigenvalue weighted by molar-refractivity contribution is 0.0113. The molecule has 0 aromatic carbocycles. The van der Waals surface area contributed by atoms with Crippen molar-refractivity contribution in [1.29, 1.82) is 0 Å². The second-order valence-corrected chi connectivity index (χ2v) is 8.21. The summed E-state index contributed by atoms with van der Waals surface area (Å²) >= 11 is 0. The molecule has 0 aromatic rings.